The lowest BCUT2D eigenvalue weighted by Crippen LogP contribution is -2.46. The number of amides is 1. The Hall–Kier alpha value is -0.760. The Balaban J connectivity index is 4.24. The molecule has 0 aliphatic carbocycles. The first kappa shape index (κ1) is 55.2. The quantitative estimate of drug-likeness (QED) is 0.0274. The van der Waals surface area contributed by atoms with Gasteiger partial charge in [-0.3, -0.25) is 9.36 Å². The number of rotatable bonds is 44. The predicted octanol–water partition coefficient (Wildman–Crippen LogP) is 12.9. The first-order valence-electron chi connectivity index (χ1n) is 24.0. The summed E-state index contributed by atoms with van der Waals surface area (Å²) >= 11 is 0. The monoisotopic (exact) mass is 815 g/mol. The lowest BCUT2D eigenvalue weighted by Gasteiger charge is -2.30. The minimum Gasteiger partial charge on any atom is -0.756 e. The average molecular weight is 815 g/mol. The SMILES string of the molecule is CCCCCCCC/C=C\CCCCCCCCCCCCCC(=O)N[C@@H](COP(=O)([O-])OCC[N+](C)(C)C)[C@H](O)CCCCCCCCCCCCCCC. The molecule has 0 saturated heterocycles. The van der Waals surface area contributed by atoms with Crippen LogP contribution in [-0.4, -0.2) is 68.5 Å². The van der Waals surface area contributed by atoms with Crippen LogP contribution in [0, 0.1) is 0 Å². The van der Waals surface area contributed by atoms with Gasteiger partial charge in [0, 0.05) is 6.42 Å². The Labute approximate surface area is 348 Å². The lowest BCUT2D eigenvalue weighted by molar-refractivity contribution is -0.870. The number of aliphatic hydroxyl groups is 1. The maximum absolute atomic E-state index is 12.9. The maximum atomic E-state index is 12.9. The molecule has 9 heteroatoms. The van der Waals surface area contributed by atoms with Crippen molar-refractivity contribution >= 4 is 13.7 Å². The number of nitrogens with one attached hydrogen (secondary N) is 1. The molecule has 0 aromatic carbocycles. The molecule has 0 radical (unpaired) electrons. The zero-order valence-electron chi connectivity index (χ0n) is 37.9. The minimum absolute atomic E-state index is 0.0142. The molecule has 2 N–H and O–H groups in total. The topological polar surface area (TPSA) is 108 Å². The normalized spacial score (nSPS) is 14.3. The van der Waals surface area contributed by atoms with E-state index in [-0.39, 0.29) is 19.1 Å². The fraction of sp³-hybridized carbons (Fsp3) is 0.936. The Bertz CT molecular complexity index is 927. The molecule has 0 saturated carbocycles. The highest BCUT2D eigenvalue weighted by atomic mass is 31.2. The molecule has 56 heavy (non-hydrogen) atoms. The van der Waals surface area contributed by atoms with Crippen LogP contribution in [0.25, 0.3) is 0 Å². The molecule has 334 valence electrons. The number of quaternary nitrogens is 1. The Morgan fingerprint density at radius 1 is 0.607 bits per heavy atom. The van der Waals surface area contributed by atoms with E-state index in [1.165, 1.54) is 167 Å². The molecule has 0 aliphatic rings. The molecule has 0 bridgehead atoms. The smallest absolute Gasteiger partial charge is 0.268 e. The fourth-order valence-electron chi connectivity index (χ4n) is 7.15. The number of unbranched alkanes of at least 4 members (excludes halogenated alkanes) is 29. The summed E-state index contributed by atoms with van der Waals surface area (Å²) in [6, 6.07) is -0.796. The van der Waals surface area contributed by atoms with Crippen LogP contribution in [0.2, 0.25) is 0 Å². The number of allylic oxidation sites excluding steroid dienone is 2. The van der Waals surface area contributed by atoms with Gasteiger partial charge in [-0.25, -0.2) is 0 Å². The maximum Gasteiger partial charge on any atom is 0.268 e. The highest BCUT2D eigenvalue weighted by Gasteiger charge is 2.24. The van der Waals surface area contributed by atoms with Gasteiger partial charge >= 0.3 is 0 Å². The van der Waals surface area contributed by atoms with Crippen molar-refractivity contribution in [1.82, 2.24) is 5.32 Å². The average Bonchev–Trinajstić information content (AvgIpc) is 3.15. The van der Waals surface area contributed by atoms with E-state index >= 15 is 0 Å². The van der Waals surface area contributed by atoms with Gasteiger partial charge in [-0.05, 0) is 38.5 Å². The van der Waals surface area contributed by atoms with Crippen molar-refractivity contribution in [3.8, 4) is 0 Å². The number of phosphoric ester groups is 1. The van der Waals surface area contributed by atoms with E-state index in [0.717, 1.165) is 38.5 Å². The van der Waals surface area contributed by atoms with Crippen LogP contribution in [0.4, 0.5) is 0 Å². The third kappa shape index (κ3) is 41.4. The first-order chi connectivity index (χ1) is 27.0. The van der Waals surface area contributed by atoms with Crippen LogP contribution in [0.5, 0.6) is 0 Å². The van der Waals surface area contributed by atoms with Gasteiger partial charge in [0.2, 0.25) is 5.91 Å². The summed E-state index contributed by atoms with van der Waals surface area (Å²) < 4.78 is 23.3. The third-order valence-corrected chi connectivity index (χ3v) is 12.0. The Morgan fingerprint density at radius 3 is 1.39 bits per heavy atom. The number of phosphoric acid groups is 1. The van der Waals surface area contributed by atoms with Crippen molar-refractivity contribution < 1.29 is 32.9 Å². The van der Waals surface area contributed by atoms with Gasteiger partial charge < -0.3 is 28.8 Å². The van der Waals surface area contributed by atoms with Gasteiger partial charge in [0.15, 0.2) is 0 Å². The summed E-state index contributed by atoms with van der Waals surface area (Å²) in [7, 11) is 1.31. The summed E-state index contributed by atoms with van der Waals surface area (Å²) in [5, 5.41) is 13.9. The van der Waals surface area contributed by atoms with Crippen LogP contribution >= 0.6 is 7.82 Å². The summed E-state index contributed by atoms with van der Waals surface area (Å²) in [6.45, 7) is 4.73. The van der Waals surface area contributed by atoms with E-state index in [2.05, 4.69) is 31.3 Å². The second-order valence-corrected chi connectivity index (χ2v) is 19.2. The molecule has 0 aromatic heterocycles. The van der Waals surface area contributed by atoms with Gasteiger partial charge in [-0.2, -0.15) is 0 Å². The minimum atomic E-state index is -4.56. The molecule has 8 nitrogen and oxygen atoms in total. The number of hydrogen-bond donors (Lipinski definition) is 2. The van der Waals surface area contributed by atoms with Crippen LogP contribution < -0.4 is 10.2 Å². The number of nitrogens with zero attached hydrogens (tertiary/aromatic N) is 1. The fourth-order valence-corrected chi connectivity index (χ4v) is 7.88. The van der Waals surface area contributed by atoms with Crippen molar-refractivity contribution in [1.29, 1.82) is 0 Å². The largest absolute Gasteiger partial charge is 0.756 e. The summed E-state index contributed by atoms with van der Waals surface area (Å²) in [5.41, 5.74) is 0. The van der Waals surface area contributed by atoms with E-state index in [1.807, 2.05) is 21.1 Å². The number of likely N-dealkylation sites (N-methyl/N-ethyl adjacent to an activating group) is 1. The summed E-state index contributed by atoms with van der Waals surface area (Å²) in [5.74, 6) is -0.164. The zero-order chi connectivity index (χ0) is 41.4. The Morgan fingerprint density at radius 2 is 0.982 bits per heavy atom. The predicted molar refractivity (Wildman–Crippen MR) is 238 cm³/mol. The van der Waals surface area contributed by atoms with Crippen molar-refractivity contribution in [2.24, 2.45) is 0 Å². The summed E-state index contributed by atoms with van der Waals surface area (Å²) in [6.07, 6.45) is 45.0. The lowest BCUT2D eigenvalue weighted by atomic mass is 10.0. The zero-order valence-corrected chi connectivity index (χ0v) is 38.7. The number of aliphatic hydroxyl groups excluding tert-OH is 1. The van der Waals surface area contributed by atoms with Gasteiger partial charge in [0.25, 0.3) is 7.82 Å². The molecular weight excluding hydrogens is 719 g/mol. The molecule has 0 spiro atoms. The van der Waals surface area contributed by atoms with E-state index in [4.69, 9.17) is 9.05 Å². The molecule has 0 aromatic rings. The van der Waals surface area contributed by atoms with Gasteiger partial charge in [-0.1, -0.05) is 199 Å². The second-order valence-electron chi connectivity index (χ2n) is 17.8. The number of hydrogen-bond acceptors (Lipinski definition) is 6. The highest BCUT2D eigenvalue weighted by molar-refractivity contribution is 7.45. The van der Waals surface area contributed by atoms with Crippen molar-refractivity contribution in [2.75, 3.05) is 40.9 Å². The Kier molecular flexibility index (Phi) is 39.1. The van der Waals surface area contributed by atoms with Crippen LogP contribution in [0.3, 0.4) is 0 Å². The second kappa shape index (κ2) is 39.7. The van der Waals surface area contributed by atoms with E-state index in [9.17, 15) is 19.4 Å². The molecule has 0 rings (SSSR count). The van der Waals surface area contributed by atoms with Crippen LogP contribution in [0.1, 0.15) is 232 Å². The third-order valence-electron chi connectivity index (χ3n) is 11.0. The molecular formula is C47H95N2O6P. The number of carbonyl (C=O) groups excluding carboxylic acids is 1. The van der Waals surface area contributed by atoms with E-state index in [0.29, 0.717) is 23.9 Å². The molecule has 0 aliphatic heterocycles. The van der Waals surface area contributed by atoms with Crippen molar-refractivity contribution in [2.45, 2.75) is 244 Å². The van der Waals surface area contributed by atoms with Gasteiger partial charge in [0.05, 0.1) is 39.9 Å². The summed E-state index contributed by atoms with van der Waals surface area (Å²) in [4.78, 5) is 25.4. The van der Waals surface area contributed by atoms with E-state index < -0.39 is 20.0 Å². The molecule has 0 heterocycles. The van der Waals surface area contributed by atoms with E-state index in [1.54, 1.807) is 0 Å². The standard InChI is InChI=1S/C47H95N2O6P/c1-6-8-10-12-14-16-18-20-21-22-23-24-25-26-27-29-31-33-35-37-39-41-47(51)48-45(44-55-56(52,53)54-43-42-49(3,4)5)46(50)40-38-36-34-32-30-28-19-17-15-13-11-9-7-2/h20-21,45-46,50H,6-19,22-44H2,1-5H3,(H-,48,51,52,53)/b21-20-/t45-,46+/m0/s1. The van der Waals surface area contributed by atoms with Crippen molar-refractivity contribution in [3.05, 3.63) is 12.2 Å². The van der Waals surface area contributed by atoms with Crippen LogP contribution in [0.15, 0.2) is 12.2 Å². The molecule has 1 unspecified atom stereocenters. The number of carbonyl (C=O) groups is 1. The highest BCUT2D eigenvalue weighted by Crippen LogP contribution is 2.38. The first-order valence-corrected chi connectivity index (χ1v) is 25.5. The molecule has 0 fully saturated rings. The van der Waals surface area contributed by atoms with Crippen molar-refractivity contribution in [3.63, 3.8) is 0 Å². The van der Waals surface area contributed by atoms with Gasteiger partial charge in [0.1, 0.15) is 13.2 Å². The molecule has 3 atom stereocenters. The molecule has 1 amide bonds. The van der Waals surface area contributed by atoms with Crippen LogP contribution in [-0.2, 0) is 18.4 Å². The van der Waals surface area contributed by atoms with Gasteiger partial charge in [-0.15, -0.1) is 0 Å².